The Morgan fingerprint density at radius 3 is 2.60 bits per heavy atom. The fourth-order valence-electron chi connectivity index (χ4n) is 4.17. The van der Waals surface area contributed by atoms with Crippen LogP contribution >= 0.6 is 11.3 Å². The van der Waals surface area contributed by atoms with Gasteiger partial charge in [0.2, 0.25) is 0 Å². The highest BCUT2D eigenvalue weighted by Gasteiger charge is 2.48. The van der Waals surface area contributed by atoms with Gasteiger partial charge in [0.25, 0.3) is 17.7 Å². The molecule has 1 aliphatic rings. The Kier molecular flexibility index (Phi) is 7.12. The van der Waals surface area contributed by atoms with E-state index in [9.17, 15) is 27.2 Å². The summed E-state index contributed by atoms with van der Waals surface area (Å²) in [5.74, 6) is -9.59. The third-order valence-electron chi connectivity index (χ3n) is 6.14. The van der Waals surface area contributed by atoms with Crippen molar-refractivity contribution in [3.63, 3.8) is 0 Å². The molecule has 208 valence electrons. The maximum absolute atomic E-state index is 15.0. The van der Waals surface area contributed by atoms with Gasteiger partial charge < -0.3 is 14.4 Å². The lowest BCUT2D eigenvalue weighted by molar-refractivity contribution is -0.190. The molecule has 0 saturated carbocycles. The lowest BCUT2D eigenvalue weighted by atomic mass is 9.99. The van der Waals surface area contributed by atoms with Crippen LogP contribution in [0, 0.1) is 5.82 Å². The zero-order chi connectivity index (χ0) is 28.7. The van der Waals surface area contributed by atoms with E-state index in [1.807, 2.05) is 0 Å². The van der Waals surface area contributed by atoms with Gasteiger partial charge in [-0.1, -0.05) is 30.3 Å². The lowest BCUT2D eigenvalue weighted by Crippen LogP contribution is -2.55. The quantitative estimate of drug-likeness (QED) is 0.216. The molecule has 40 heavy (non-hydrogen) atoms. The third-order valence-corrected chi connectivity index (χ3v) is 6.73. The monoisotopic (exact) mass is 581 g/mol. The number of carbonyl (C=O) groups is 2. The maximum atomic E-state index is 15.0. The molecule has 0 radical (unpaired) electrons. The molecular formula is C26H17F6N3O4S. The van der Waals surface area contributed by atoms with Gasteiger partial charge in [0, 0.05) is 29.3 Å². The smallest absolute Gasteiger partial charge is 0.463 e. The van der Waals surface area contributed by atoms with Gasteiger partial charge in [-0.3, -0.25) is 4.79 Å². The number of fused-ring (bicyclic) bond motifs is 1. The van der Waals surface area contributed by atoms with Crippen molar-refractivity contribution in [1.82, 2.24) is 14.9 Å². The molecule has 0 bridgehead atoms. The Bertz CT molecular complexity index is 1580. The molecule has 1 atom stereocenters. The molecule has 1 saturated heterocycles. The normalized spacial score (nSPS) is 17.1. The Morgan fingerprint density at radius 1 is 1.10 bits per heavy atom. The number of nitrogens with zero attached hydrogens (tertiary/aromatic N) is 3. The first-order valence-electron chi connectivity index (χ1n) is 11.6. The third kappa shape index (κ3) is 5.43. The summed E-state index contributed by atoms with van der Waals surface area (Å²) in [6.45, 7) is -1.23. The molecule has 0 aliphatic carbocycles. The van der Waals surface area contributed by atoms with Crippen LogP contribution in [0.25, 0.3) is 22.2 Å². The fraction of sp³-hybridized carbons (Fsp3) is 0.231. The number of thiazole rings is 1. The lowest BCUT2D eigenvalue weighted by Gasteiger charge is -2.38. The highest BCUT2D eigenvalue weighted by atomic mass is 32.1. The minimum absolute atomic E-state index is 0.163. The number of piperidine rings is 1. The van der Waals surface area contributed by atoms with Crippen molar-refractivity contribution in [2.45, 2.75) is 24.6 Å². The van der Waals surface area contributed by atoms with Crippen LogP contribution in [0.1, 0.15) is 16.8 Å². The molecule has 1 unspecified atom stereocenters. The van der Waals surface area contributed by atoms with Crippen LogP contribution < -0.4 is 9.47 Å². The number of amides is 1. The molecule has 7 nitrogen and oxygen atoms in total. The number of likely N-dealkylation sites (tertiary alicyclic amines) is 1. The van der Waals surface area contributed by atoms with E-state index in [4.69, 9.17) is 4.74 Å². The van der Waals surface area contributed by atoms with E-state index in [0.29, 0.717) is 5.69 Å². The maximum Gasteiger partial charge on any atom is 0.491 e. The van der Waals surface area contributed by atoms with Crippen molar-refractivity contribution in [3.8, 4) is 22.9 Å². The molecule has 0 spiro atoms. The van der Waals surface area contributed by atoms with Crippen LogP contribution in [0.4, 0.5) is 26.3 Å². The predicted octanol–water partition coefficient (Wildman–Crippen LogP) is 5.89. The summed E-state index contributed by atoms with van der Waals surface area (Å²) in [4.78, 5) is 34.0. The second kappa shape index (κ2) is 10.4. The van der Waals surface area contributed by atoms with E-state index in [1.54, 1.807) is 17.5 Å². The molecule has 1 amide bonds. The van der Waals surface area contributed by atoms with Crippen LogP contribution in [0.15, 0.2) is 59.4 Å². The predicted molar refractivity (Wildman–Crippen MR) is 131 cm³/mol. The SMILES string of the molecule is O=C(c1c(F)cccc1-c1cscn1)N1CCC(F)(F)C(Oc2nc3ccccc3cc2OC(=O)C(F)(F)F)C1. The number of ether oxygens (including phenoxy) is 2. The Hall–Kier alpha value is -4.20. The number of rotatable bonds is 5. The first-order chi connectivity index (χ1) is 18.9. The van der Waals surface area contributed by atoms with Gasteiger partial charge in [-0.2, -0.15) is 13.2 Å². The van der Waals surface area contributed by atoms with Crippen LogP contribution in [-0.4, -0.2) is 58.0 Å². The van der Waals surface area contributed by atoms with Gasteiger partial charge in [-0.15, -0.1) is 11.3 Å². The van der Waals surface area contributed by atoms with E-state index in [2.05, 4.69) is 14.7 Å². The number of halogens is 6. The number of carbonyl (C=O) groups excluding carboxylic acids is 2. The molecule has 3 heterocycles. The van der Waals surface area contributed by atoms with Gasteiger partial charge in [0.1, 0.15) is 5.82 Å². The molecule has 4 aromatic rings. The number of alkyl halides is 5. The molecule has 0 N–H and O–H groups in total. The standard InChI is InChI=1S/C26H17F6N3O4S/c27-16-6-3-5-15(18-12-40-13-33-18)21(16)23(36)35-9-8-25(28,29)20(11-35)39-22-19(38-24(37)26(30,31)32)10-14-4-1-2-7-17(14)34-22/h1-7,10,12-13,20H,8-9,11H2. The summed E-state index contributed by atoms with van der Waals surface area (Å²) in [5.41, 5.74) is 1.76. The average Bonchev–Trinajstić information content (AvgIpc) is 3.44. The molecular weight excluding hydrogens is 564 g/mol. The number of benzene rings is 2. The Morgan fingerprint density at radius 2 is 1.88 bits per heavy atom. The number of aromatic nitrogens is 2. The van der Waals surface area contributed by atoms with Gasteiger partial charge >= 0.3 is 12.1 Å². The van der Waals surface area contributed by atoms with Crippen LogP contribution in [0.5, 0.6) is 11.6 Å². The van der Waals surface area contributed by atoms with Gasteiger partial charge in [0.05, 0.1) is 28.8 Å². The summed E-state index contributed by atoms with van der Waals surface area (Å²) >= 11 is 1.21. The van der Waals surface area contributed by atoms with Crippen molar-refractivity contribution in [3.05, 3.63) is 70.8 Å². The Balaban J connectivity index is 1.47. The van der Waals surface area contributed by atoms with E-state index in [0.717, 1.165) is 17.0 Å². The number of para-hydroxylation sites is 1. The average molecular weight is 581 g/mol. The summed E-state index contributed by atoms with van der Waals surface area (Å²) in [6.07, 6.45) is -8.39. The van der Waals surface area contributed by atoms with Crippen molar-refractivity contribution in [2.24, 2.45) is 0 Å². The number of esters is 1. The van der Waals surface area contributed by atoms with E-state index < -0.39 is 67.0 Å². The number of hydrogen-bond acceptors (Lipinski definition) is 7. The number of pyridine rings is 1. The minimum Gasteiger partial charge on any atom is -0.463 e. The van der Waals surface area contributed by atoms with E-state index in [-0.39, 0.29) is 22.0 Å². The van der Waals surface area contributed by atoms with Crippen molar-refractivity contribution in [2.75, 3.05) is 13.1 Å². The number of hydrogen-bond donors (Lipinski definition) is 0. The molecule has 1 fully saturated rings. The van der Waals surface area contributed by atoms with Gasteiger partial charge in [-0.25, -0.2) is 27.9 Å². The first-order valence-corrected chi connectivity index (χ1v) is 12.6. The highest BCUT2D eigenvalue weighted by Crippen LogP contribution is 2.38. The first kappa shape index (κ1) is 27.4. The fourth-order valence-corrected chi connectivity index (χ4v) is 4.72. The second-order valence-electron chi connectivity index (χ2n) is 8.78. The zero-order valence-corrected chi connectivity index (χ0v) is 20.9. The summed E-state index contributed by atoms with van der Waals surface area (Å²) in [6, 6.07) is 10.9. The highest BCUT2D eigenvalue weighted by molar-refractivity contribution is 7.07. The van der Waals surface area contributed by atoms with Crippen molar-refractivity contribution >= 4 is 34.1 Å². The zero-order valence-electron chi connectivity index (χ0n) is 20.1. The topological polar surface area (TPSA) is 81.6 Å². The summed E-state index contributed by atoms with van der Waals surface area (Å²) in [5, 5.41) is 1.85. The van der Waals surface area contributed by atoms with E-state index in [1.165, 1.54) is 41.1 Å². The molecule has 2 aromatic carbocycles. The minimum atomic E-state index is -5.38. The molecule has 14 heteroatoms. The molecule has 2 aromatic heterocycles. The van der Waals surface area contributed by atoms with Crippen LogP contribution in [0.3, 0.4) is 0 Å². The largest absolute Gasteiger partial charge is 0.491 e. The van der Waals surface area contributed by atoms with Crippen LogP contribution in [0.2, 0.25) is 0 Å². The van der Waals surface area contributed by atoms with Gasteiger partial charge in [-0.05, 0) is 18.2 Å². The Labute approximate surface area is 226 Å². The van der Waals surface area contributed by atoms with E-state index >= 15 is 8.78 Å². The van der Waals surface area contributed by atoms with Gasteiger partial charge in [0.15, 0.2) is 11.9 Å². The molecule has 5 rings (SSSR count). The van der Waals surface area contributed by atoms with Crippen molar-refractivity contribution < 1.29 is 45.4 Å². The van der Waals surface area contributed by atoms with Crippen molar-refractivity contribution in [1.29, 1.82) is 0 Å². The molecule has 1 aliphatic heterocycles. The second-order valence-corrected chi connectivity index (χ2v) is 9.50. The summed E-state index contributed by atoms with van der Waals surface area (Å²) < 4.78 is 93.4. The summed E-state index contributed by atoms with van der Waals surface area (Å²) in [7, 11) is 0. The van der Waals surface area contributed by atoms with Crippen LogP contribution in [-0.2, 0) is 4.79 Å².